The SMILES string of the molecule is CC1CCN(C2CCCCC2C)CC1CN. The van der Waals surface area contributed by atoms with Gasteiger partial charge in [0.05, 0.1) is 0 Å². The second kappa shape index (κ2) is 5.50. The number of rotatable bonds is 2. The van der Waals surface area contributed by atoms with E-state index >= 15 is 0 Å². The average Bonchev–Trinajstić information content (AvgIpc) is 2.31. The molecule has 0 aromatic rings. The van der Waals surface area contributed by atoms with Crippen LogP contribution in [0, 0.1) is 17.8 Å². The topological polar surface area (TPSA) is 29.3 Å². The summed E-state index contributed by atoms with van der Waals surface area (Å²) in [6, 6.07) is 0.857. The Morgan fingerprint density at radius 1 is 1.06 bits per heavy atom. The molecule has 4 unspecified atom stereocenters. The molecule has 16 heavy (non-hydrogen) atoms. The number of hydrogen-bond donors (Lipinski definition) is 1. The van der Waals surface area contributed by atoms with E-state index in [0.717, 1.165) is 30.3 Å². The van der Waals surface area contributed by atoms with Gasteiger partial charge in [-0.05, 0) is 50.1 Å². The monoisotopic (exact) mass is 224 g/mol. The Labute approximate surface area is 101 Å². The summed E-state index contributed by atoms with van der Waals surface area (Å²) in [5.41, 5.74) is 5.89. The van der Waals surface area contributed by atoms with Crippen molar-refractivity contribution in [3.8, 4) is 0 Å². The minimum atomic E-state index is 0.739. The van der Waals surface area contributed by atoms with Gasteiger partial charge in [-0.1, -0.05) is 26.7 Å². The number of nitrogens with zero attached hydrogens (tertiary/aromatic N) is 1. The molecule has 2 aliphatic rings. The van der Waals surface area contributed by atoms with Crippen molar-refractivity contribution in [2.24, 2.45) is 23.5 Å². The molecule has 94 valence electrons. The number of hydrogen-bond acceptors (Lipinski definition) is 2. The molecule has 0 aromatic carbocycles. The van der Waals surface area contributed by atoms with Crippen molar-refractivity contribution in [1.29, 1.82) is 0 Å². The van der Waals surface area contributed by atoms with Gasteiger partial charge >= 0.3 is 0 Å². The van der Waals surface area contributed by atoms with Crippen LogP contribution in [0.5, 0.6) is 0 Å². The van der Waals surface area contributed by atoms with Crippen molar-refractivity contribution in [2.45, 2.75) is 52.0 Å². The molecule has 2 rings (SSSR count). The van der Waals surface area contributed by atoms with Crippen molar-refractivity contribution in [2.75, 3.05) is 19.6 Å². The third-order valence-corrected chi connectivity index (χ3v) is 4.98. The molecule has 0 radical (unpaired) electrons. The largest absolute Gasteiger partial charge is 0.330 e. The summed E-state index contributed by atoms with van der Waals surface area (Å²) in [6.45, 7) is 8.26. The first-order valence-electron chi connectivity index (χ1n) is 7.16. The second-order valence-corrected chi connectivity index (χ2v) is 6.09. The Balaban J connectivity index is 1.93. The van der Waals surface area contributed by atoms with Crippen LogP contribution in [0.25, 0.3) is 0 Å². The van der Waals surface area contributed by atoms with E-state index in [4.69, 9.17) is 5.73 Å². The third-order valence-electron chi connectivity index (χ3n) is 4.98. The van der Waals surface area contributed by atoms with Crippen molar-refractivity contribution in [3.05, 3.63) is 0 Å². The van der Waals surface area contributed by atoms with Crippen molar-refractivity contribution < 1.29 is 0 Å². The minimum Gasteiger partial charge on any atom is -0.330 e. The van der Waals surface area contributed by atoms with Gasteiger partial charge in [-0.3, -0.25) is 4.90 Å². The lowest BCUT2D eigenvalue weighted by atomic mass is 9.81. The molecule has 2 N–H and O–H groups in total. The van der Waals surface area contributed by atoms with E-state index < -0.39 is 0 Å². The number of piperidine rings is 1. The van der Waals surface area contributed by atoms with Crippen LogP contribution in [0.15, 0.2) is 0 Å². The van der Waals surface area contributed by atoms with Crippen molar-refractivity contribution in [3.63, 3.8) is 0 Å². The summed E-state index contributed by atoms with van der Waals surface area (Å²) >= 11 is 0. The van der Waals surface area contributed by atoms with Gasteiger partial charge in [-0.15, -0.1) is 0 Å². The molecule has 2 heteroatoms. The fourth-order valence-corrected chi connectivity index (χ4v) is 3.62. The van der Waals surface area contributed by atoms with E-state index in [1.165, 1.54) is 45.2 Å². The lowest BCUT2D eigenvalue weighted by molar-refractivity contribution is 0.0477. The standard InChI is InChI=1S/C14H28N2/c1-11-7-8-16(10-13(11)9-15)14-6-4-3-5-12(14)2/h11-14H,3-10,15H2,1-2H3. The highest BCUT2D eigenvalue weighted by molar-refractivity contribution is 4.87. The molecular formula is C14H28N2. The maximum atomic E-state index is 5.89. The van der Waals surface area contributed by atoms with Gasteiger partial charge in [0, 0.05) is 12.6 Å². The first-order chi connectivity index (χ1) is 7.72. The Hall–Kier alpha value is -0.0800. The minimum absolute atomic E-state index is 0.739. The van der Waals surface area contributed by atoms with Gasteiger partial charge in [-0.25, -0.2) is 0 Å². The molecule has 0 bridgehead atoms. The molecule has 2 fully saturated rings. The van der Waals surface area contributed by atoms with Gasteiger partial charge in [0.1, 0.15) is 0 Å². The molecule has 4 atom stereocenters. The van der Waals surface area contributed by atoms with E-state index in [0.29, 0.717) is 0 Å². The Morgan fingerprint density at radius 2 is 1.81 bits per heavy atom. The molecule has 1 aliphatic carbocycles. The van der Waals surface area contributed by atoms with Crippen LogP contribution in [0.4, 0.5) is 0 Å². The number of nitrogens with two attached hydrogens (primary N) is 1. The van der Waals surface area contributed by atoms with Crippen molar-refractivity contribution in [1.82, 2.24) is 4.90 Å². The molecule has 0 aromatic heterocycles. The predicted molar refractivity (Wildman–Crippen MR) is 69.3 cm³/mol. The number of likely N-dealkylation sites (tertiary alicyclic amines) is 1. The van der Waals surface area contributed by atoms with Crippen molar-refractivity contribution >= 4 is 0 Å². The second-order valence-electron chi connectivity index (χ2n) is 6.09. The maximum absolute atomic E-state index is 5.89. The van der Waals surface area contributed by atoms with Gasteiger partial charge in [-0.2, -0.15) is 0 Å². The Bertz CT molecular complexity index is 217. The molecule has 1 heterocycles. The highest BCUT2D eigenvalue weighted by Gasteiger charge is 2.32. The average molecular weight is 224 g/mol. The fourth-order valence-electron chi connectivity index (χ4n) is 3.62. The lowest BCUT2D eigenvalue weighted by Gasteiger charge is -2.44. The predicted octanol–water partition coefficient (Wildman–Crippen LogP) is 2.48. The third kappa shape index (κ3) is 2.60. The summed E-state index contributed by atoms with van der Waals surface area (Å²) in [5, 5.41) is 0. The summed E-state index contributed by atoms with van der Waals surface area (Å²) < 4.78 is 0. The van der Waals surface area contributed by atoms with Gasteiger partial charge in [0.25, 0.3) is 0 Å². The fraction of sp³-hybridized carbons (Fsp3) is 1.00. The Kier molecular flexibility index (Phi) is 4.26. The summed E-state index contributed by atoms with van der Waals surface area (Å²) in [6.07, 6.45) is 7.10. The van der Waals surface area contributed by atoms with E-state index in [9.17, 15) is 0 Å². The van der Waals surface area contributed by atoms with E-state index in [1.807, 2.05) is 0 Å². The first kappa shape index (κ1) is 12.4. The molecular weight excluding hydrogens is 196 g/mol. The molecule has 1 saturated heterocycles. The van der Waals surface area contributed by atoms with Crippen LogP contribution in [0.3, 0.4) is 0 Å². The summed E-state index contributed by atoms with van der Waals surface area (Å²) in [5.74, 6) is 2.48. The molecule has 0 amide bonds. The maximum Gasteiger partial charge on any atom is 0.0121 e. The van der Waals surface area contributed by atoms with Crippen LogP contribution in [0.2, 0.25) is 0 Å². The quantitative estimate of drug-likeness (QED) is 0.781. The molecule has 1 saturated carbocycles. The molecule has 1 aliphatic heterocycles. The molecule has 0 spiro atoms. The van der Waals surface area contributed by atoms with Gasteiger partial charge < -0.3 is 5.73 Å². The zero-order valence-corrected chi connectivity index (χ0v) is 11.0. The smallest absolute Gasteiger partial charge is 0.0121 e. The van der Waals surface area contributed by atoms with Crippen LogP contribution in [0.1, 0.15) is 46.0 Å². The van der Waals surface area contributed by atoms with Gasteiger partial charge in [0.15, 0.2) is 0 Å². The zero-order valence-electron chi connectivity index (χ0n) is 11.0. The van der Waals surface area contributed by atoms with E-state index in [1.54, 1.807) is 0 Å². The van der Waals surface area contributed by atoms with Crippen LogP contribution >= 0.6 is 0 Å². The van der Waals surface area contributed by atoms with Crippen LogP contribution in [-0.2, 0) is 0 Å². The van der Waals surface area contributed by atoms with E-state index in [2.05, 4.69) is 18.7 Å². The Morgan fingerprint density at radius 3 is 2.50 bits per heavy atom. The first-order valence-corrected chi connectivity index (χ1v) is 7.16. The highest BCUT2D eigenvalue weighted by Crippen LogP contribution is 2.32. The highest BCUT2D eigenvalue weighted by atomic mass is 15.2. The zero-order chi connectivity index (χ0) is 11.5. The summed E-state index contributed by atoms with van der Waals surface area (Å²) in [7, 11) is 0. The summed E-state index contributed by atoms with van der Waals surface area (Å²) in [4.78, 5) is 2.75. The van der Waals surface area contributed by atoms with Gasteiger partial charge in [0.2, 0.25) is 0 Å². The van der Waals surface area contributed by atoms with E-state index in [-0.39, 0.29) is 0 Å². The van der Waals surface area contributed by atoms with Crippen LogP contribution in [-0.4, -0.2) is 30.6 Å². The normalized spacial score (nSPS) is 42.2. The lowest BCUT2D eigenvalue weighted by Crippen LogP contribution is -2.50. The molecule has 2 nitrogen and oxygen atoms in total. The van der Waals surface area contributed by atoms with Crippen LogP contribution < -0.4 is 5.73 Å².